The zero-order chi connectivity index (χ0) is 10.9. The van der Waals surface area contributed by atoms with Gasteiger partial charge in [-0.05, 0) is 31.9 Å². The summed E-state index contributed by atoms with van der Waals surface area (Å²) >= 11 is 0. The van der Waals surface area contributed by atoms with Crippen molar-refractivity contribution < 1.29 is 4.79 Å². The summed E-state index contributed by atoms with van der Waals surface area (Å²) in [4.78, 5) is 11.8. The summed E-state index contributed by atoms with van der Waals surface area (Å²) in [6.45, 7) is 2.51. The molecular weight excluding hydrogens is 188 g/mol. The summed E-state index contributed by atoms with van der Waals surface area (Å²) in [6.07, 6.45) is 2.00. The lowest BCUT2D eigenvalue weighted by atomic mass is 10.1. The van der Waals surface area contributed by atoms with Crippen LogP contribution in [0.5, 0.6) is 0 Å². The second kappa shape index (κ2) is 3.66. The summed E-state index contributed by atoms with van der Waals surface area (Å²) in [5, 5.41) is 3.00. The van der Waals surface area contributed by atoms with Gasteiger partial charge in [0.05, 0.1) is 5.54 Å². The van der Waals surface area contributed by atoms with Crippen LogP contribution in [0.25, 0.3) is 0 Å². The molecule has 15 heavy (non-hydrogen) atoms. The second-order valence-corrected chi connectivity index (χ2v) is 4.31. The Hall–Kier alpha value is -1.35. The standard InChI is InChI=1S/C12H16N2O/c1-9-3-2-4-10(7-9)11(15)14-12(8-13)5-6-12/h2-4,7H,5-6,8,13H2,1H3,(H,14,15). The molecule has 0 aromatic heterocycles. The van der Waals surface area contributed by atoms with Gasteiger partial charge < -0.3 is 11.1 Å². The van der Waals surface area contributed by atoms with Crippen LogP contribution in [0.3, 0.4) is 0 Å². The first-order valence-corrected chi connectivity index (χ1v) is 5.24. The number of nitrogens with one attached hydrogen (secondary N) is 1. The molecule has 3 nitrogen and oxygen atoms in total. The fourth-order valence-corrected chi connectivity index (χ4v) is 1.63. The molecule has 1 aromatic carbocycles. The summed E-state index contributed by atoms with van der Waals surface area (Å²) in [7, 11) is 0. The summed E-state index contributed by atoms with van der Waals surface area (Å²) in [5.41, 5.74) is 7.31. The molecule has 1 aliphatic rings. The number of amides is 1. The van der Waals surface area contributed by atoms with Crippen LogP contribution in [0.2, 0.25) is 0 Å². The van der Waals surface area contributed by atoms with Gasteiger partial charge >= 0.3 is 0 Å². The first-order valence-electron chi connectivity index (χ1n) is 5.24. The van der Waals surface area contributed by atoms with Gasteiger partial charge in [0.1, 0.15) is 0 Å². The number of benzene rings is 1. The molecule has 0 aliphatic heterocycles. The number of hydrogen-bond acceptors (Lipinski definition) is 2. The molecule has 0 heterocycles. The number of aryl methyl sites for hydroxylation is 1. The first-order chi connectivity index (χ1) is 7.15. The van der Waals surface area contributed by atoms with E-state index in [1.807, 2.05) is 31.2 Å². The van der Waals surface area contributed by atoms with Crippen molar-refractivity contribution in [3.8, 4) is 0 Å². The first kappa shape index (κ1) is 10.2. The average molecular weight is 204 g/mol. The Morgan fingerprint density at radius 2 is 2.27 bits per heavy atom. The lowest BCUT2D eigenvalue weighted by Crippen LogP contribution is -2.42. The van der Waals surface area contributed by atoms with E-state index < -0.39 is 0 Å². The Kier molecular flexibility index (Phi) is 2.49. The number of carbonyl (C=O) groups excluding carboxylic acids is 1. The van der Waals surface area contributed by atoms with Crippen molar-refractivity contribution in [2.45, 2.75) is 25.3 Å². The van der Waals surface area contributed by atoms with Gasteiger partial charge in [-0.15, -0.1) is 0 Å². The smallest absolute Gasteiger partial charge is 0.251 e. The van der Waals surface area contributed by atoms with E-state index in [0.717, 1.165) is 24.0 Å². The van der Waals surface area contributed by atoms with Gasteiger partial charge in [0.25, 0.3) is 5.91 Å². The maximum absolute atomic E-state index is 11.8. The van der Waals surface area contributed by atoms with Crippen molar-refractivity contribution in [2.24, 2.45) is 5.73 Å². The fraction of sp³-hybridized carbons (Fsp3) is 0.417. The third kappa shape index (κ3) is 2.18. The number of carbonyl (C=O) groups is 1. The molecule has 2 rings (SSSR count). The third-order valence-electron chi connectivity index (χ3n) is 2.90. The van der Waals surface area contributed by atoms with E-state index in [9.17, 15) is 4.79 Å². The van der Waals surface area contributed by atoms with Crippen LogP contribution < -0.4 is 11.1 Å². The van der Waals surface area contributed by atoms with Crippen LogP contribution in [0.4, 0.5) is 0 Å². The molecule has 0 spiro atoms. The molecular formula is C12H16N2O. The monoisotopic (exact) mass is 204 g/mol. The molecule has 0 saturated heterocycles. The van der Waals surface area contributed by atoms with Crippen molar-refractivity contribution >= 4 is 5.91 Å². The van der Waals surface area contributed by atoms with E-state index in [4.69, 9.17) is 5.73 Å². The van der Waals surface area contributed by atoms with Crippen molar-refractivity contribution in [3.63, 3.8) is 0 Å². The van der Waals surface area contributed by atoms with Crippen LogP contribution in [-0.4, -0.2) is 18.0 Å². The number of nitrogens with two attached hydrogens (primary N) is 1. The average Bonchev–Trinajstić information content (AvgIpc) is 2.98. The highest BCUT2D eigenvalue weighted by atomic mass is 16.1. The molecule has 1 fully saturated rings. The maximum Gasteiger partial charge on any atom is 0.251 e. The molecule has 1 aromatic rings. The Morgan fingerprint density at radius 1 is 1.53 bits per heavy atom. The van der Waals surface area contributed by atoms with E-state index in [-0.39, 0.29) is 11.4 Å². The van der Waals surface area contributed by atoms with Crippen molar-refractivity contribution in [3.05, 3.63) is 35.4 Å². The Bertz CT molecular complexity index is 383. The highest BCUT2D eigenvalue weighted by molar-refractivity contribution is 5.95. The largest absolute Gasteiger partial charge is 0.345 e. The lowest BCUT2D eigenvalue weighted by Gasteiger charge is -2.14. The molecule has 80 valence electrons. The fourth-order valence-electron chi connectivity index (χ4n) is 1.63. The topological polar surface area (TPSA) is 55.1 Å². The molecule has 1 saturated carbocycles. The molecule has 1 aliphatic carbocycles. The number of rotatable bonds is 3. The number of hydrogen-bond donors (Lipinski definition) is 2. The van der Waals surface area contributed by atoms with Gasteiger partial charge in [0, 0.05) is 12.1 Å². The molecule has 0 unspecified atom stereocenters. The minimum absolute atomic E-state index is 0.0124. The van der Waals surface area contributed by atoms with Crippen LogP contribution >= 0.6 is 0 Å². The van der Waals surface area contributed by atoms with Crippen molar-refractivity contribution in [1.82, 2.24) is 5.32 Å². The third-order valence-corrected chi connectivity index (χ3v) is 2.90. The van der Waals surface area contributed by atoms with E-state index in [1.54, 1.807) is 0 Å². The van der Waals surface area contributed by atoms with Gasteiger partial charge in [0.2, 0.25) is 0 Å². The van der Waals surface area contributed by atoms with Crippen molar-refractivity contribution in [2.75, 3.05) is 6.54 Å². The van der Waals surface area contributed by atoms with Gasteiger partial charge in [-0.25, -0.2) is 0 Å². The second-order valence-electron chi connectivity index (χ2n) is 4.31. The predicted molar refractivity (Wildman–Crippen MR) is 59.7 cm³/mol. The highest BCUT2D eigenvalue weighted by Crippen LogP contribution is 2.34. The molecule has 0 atom stereocenters. The van der Waals surface area contributed by atoms with E-state index in [0.29, 0.717) is 6.54 Å². The van der Waals surface area contributed by atoms with Crippen molar-refractivity contribution in [1.29, 1.82) is 0 Å². The maximum atomic E-state index is 11.8. The quantitative estimate of drug-likeness (QED) is 0.777. The SMILES string of the molecule is Cc1cccc(C(=O)NC2(CN)CC2)c1. The zero-order valence-electron chi connectivity index (χ0n) is 8.92. The molecule has 1 amide bonds. The predicted octanol–water partition coefficient (Wildman–Crippen LogP) is 1.22. The van der Waals surface area contributed by atoms with Crippen LogP contribution in [0, 0.1) is 6.92 Å². The lowest BCUT2D eigenvalue weighted by molar-refractivity contribution is 0.0933. The van der Waals surface area contributed by atoms with Gasteiger partial charge in [-0.3, -0.25) is 4.79 Å². The highest BCUT2D eigenvalue weighted by Gasteiger charge is 2.42. The Morgan fingerprint density at radius 3 is 2.80 bits per heavy atom. The normalized spacial score (nSPS) is 17.2. The molecule has 0 bridgehead atoms. The van der Waals surface area contributed by atoms with E-state index in [2.05, 4.69) is 5.32 Å². The summed E-state index contributed by atoms with van der Waals surface area (Å²) in [5.74, 6) is -0.0124. The van der Waals surface area contributed by atoms with Gasteiger partial charge in [-0.2, -0.15) is 0 Å². The zero-order valence-corrected chi connectivity index (χ0v) is 8.92. The molecule has 3 heteroatoms. The minimum atomic E-state index is -0.110. The molecule has 0 radical (unpaired) electrons. The minimum Gasteiger partial charge on any atom is -0.345 e. The summed E-state index contributed by atoms with van der Waals surface area (Å²) < 4.78 is 0. The van der Waals surface area contributed by atoms with Gasteiger partial charge in [-0.1, -0.05) is 17.7 Å². The molecule has 3 N–H and O–H groups in total. The van der Waals surface area contributed by atoms with E-state index >= 15 is 0 Å². The van der Waals surface area contributed by atoms with Crippen LogP contribution in [0.1, 0.15) is 28.8 Å². The van der Waals surface area contributed by atoms with Crippen LogP contribution in [0.15, 0.2) is 24.3 Å². The Balaban J connectivity index is 2.08. The summed E-state index contributed by atoms with van der Waals surface area (Å²) in [6, 6.07) is 7.59. The Labute approximate surface area is 89.7 Å². The van der Waals surface area contributed by atoms with Gasteiger partial charge in [0.15, 0.2) is 0 Å². The van der Waals surface area contributed by atoms with Crippen LogP contribution in [-0.2, 0) is 0 Å². The van der Waals surface area contributed by atoms with E-state index in [1.165, 1.54) is 0 Å².